The molecule has 0 aromatic heterocycles. The Labute approximate surface area is 142 Å². The maximum absolute atomic E-state index is 12.1. The summed E-state index contributed by atoms with van der Waals surface area (Å²) in [6, 6.07) is 11.9. The summed E-state index contributed by atoms with van der Waals surface area (Å²) in [5.74, 6) is -1.29. The maximum atomic E-state index is 12.1. The molecule has 1 amide bonds. The van der Waals surface area contributed by atoms with Gasteiger partial charge in [0.2, 0.25) is 0 Å². The van der Waals surface area contributed by atoms with Crippen molar-refractivity contribution in [1.82, 2.24) is 0 Å². The Hall–Kier alpha value is -2.34. The minimum Gasteiger partial charge on any atom is -0.507 e. The van der Waals surface area contributed by atoms with E-state index in [0.29, 0.717) is 23.0 Å². The quantitative estimate of drug-likeness (QED) is 0.714. The van der Waals surface area contributed by atoms with Crippen LogP contribution in [-0.2, 0) is 11.2 Å². The van der Waals surface area contributed by atoms with Crippen LogP contribution in [0.5, 0.6) is 5.75 Å². The second-order valence-electron chi connectivity index (χ2n) is 5.06. The van der Waals surface area contributed by atoms with Gasteiger partial charge in [0.05, 0.1) is 5.56 Å². The molecule has 0 heterocycles. The predicted molar refractivity (Wildman–Crippen MR) is 90.8 cm³/mol. The van der Waals surface area contributed by atoms with E-state index in [1.54, 1.807) is 18.2 Å². The van der Waals surface area contributed by atoms with Crippen LogP contribution < -0.4 is 5.32 Å². The number of benzene rings is 2. The fraction of sp³-hybridized carbons (Fsp3) is 0.176. The number of carbonyl (C=O) groups is 2. The zero-order valence-corrected chi connectivity index (χ0v) is 13.8. The van der Waals surface area contributed by atoms with Gasteiger partial charge in [-0.25, -0.2) is 0 Å². The van der Waals surface area contributed by atoms with Gasteiger partial charge in [-0.1, -0.05) is 28.1 Å². The first-order chi connectivity index (χ1) is 11.0. The first-order valence-corrected chi connectivity index (χ1v) is 7.85. The average Bonchev–Trinajstić information content (AvgIpc) is 2.48. The highest BCUT2D eigenvalue weighted by atomic mass is 79.9. The molecule has 0 spiro atoms. The number of aryl methyl sites for hydroxylation is 1. The molecule has 0 bridgehead atoms. The number of anilines is 1. The van der Waals surface area contributed by atoms with E-state index >= 15 is 0 Å². The summed E-state index contributed by atoms with van der Waals surface area (Å²) < 4.78 is 0.692. The molecule has 0 aliphatic carbocycles. The van der Waals surface area contributed by atoms with Crippen LogP contribution in [0.25, 0.3) is 0 Å². The van der Waals surface area contributed by atoms with Crippen LogP contribution >= 0.6 is 15.9 Å². The minimum absolute atomic E-state index is 0.0952. The van der Waals surface area contributed by atoms with Crippen molar-refractivity contribution in [3.8, 4) is 5.75 Å². The van der Waals surface area contributed by atoms with Gasteiger partial charge >= 0.3 is 5.97 Å². The standard InChI is InChI=1S/C17H16BrNO4/c18-12-6-9-14(15(20)10-12)17(23)19-13-7-4-11(5-8-13)2-1-3-16(21)22/h4-10,20H,1-3H2,(H,19,23)(H,21,22). The van der Waals surface area contributed by atoms with Crippen LogP contribution in [0.15, 0.2) is 46.9 Å². The SMILES string of the molecule is O=C(O)CCCc1ccc(NC(=O)c2ccc(Br)cc2O)cc1. The van der Waals surface area contributed by atoms with Crippen molar-refractivity contribution < 1.29 is 19.8 Å². The van der Waals surface area contributed by atoms with Gasteiger partial charge in [0, 0.05) is 16.6 Å². The molecule has 0 unspecified atom stereocenters. The molecule has 0 aliphatic heterocycles. The number of phenols is 1. The van der Waals surface area contributed by atoms with Crippen molar-refractivity contribution in [2.45, 2.75) is 19.3 Å². The number of amides is 1. The first kappa shape index (κ1) is 17.0. The van der Waals surface area contributed by atoms with Crippen LogP contribution in [-0.4, -0.2) is 22.1 Å². The predicted octanol–water partition coefficient (Wildman–Crippen LogP) is 3.81. The maximum Gasteiger partial charge on any atom is 0.303 e. The van der Waals surface area contributed by atoms with E-state index in [0.717, 1.165) is 5.56 Å². The summed E-state index contributed by atoms with van der Waals surface area (Å²) in [6.45, 7) is 0. The Kier molecular flexibility index (Phi) is 5.76. The molecule has 0 radical (unpaired) electrons. The van der Waals surface area contributed by atoms with E-state index in [1.807, 2.05) is 12.1 Å². The monoisotopic (exact) mass is 377 g/mol. The third kappa shape index (κ3) is 5.10. The molecule has 120 valence electrons. The number of nitrogens with one attached hydrogen (secondary N) is 1. The molecule has 3 N–H and O–H groups in total. The first-order valence-electron chi connectivity index (χ1n) is 7.06. The number of aliphatic carboxylic acids is 1. The second-order valence-corrected chi connectivity index (χ2v) is 5.98. The molecular formula is C17H16BrNO4. The summed E-state index contributed by atoms with van der Waals surface area (Å²) in [5.41, 5.74) is 1.81. The normalized spacial score (nSPS) is 10.3. The van der Waals surface area contributed by atoms with Gasteiger partial charge < -0.3 is 15.5 Å². The summed E-state index contributed by atoms with van der Waals surface area (Å²) in [6.07, 6.45) is 1.39. The molecule has 0 saturated carbocycles. The van der Waals surface area contributed by atoms with E-state index in [4.69, 9.17) is 5.11 Å². The molecule has 0 aliphatic rings. The Morgan fingerprint density at radius 1 is 1.09 bits per heavy atom. The van der Waals surface area contributed by atoms with E-state index in [2.05, 4.69) is 21.2 Å². The fourth-order valence-electron chi connectivity index (χ4n) is 2.09. The van der Waals surface area contributed by atoms with Gasteiger partial charge in [-0.15, -0.1) is 0 Å². The van der Waals surface area contributed by atoms with Gasteiger partial charge in [0.25, 0.3) is 5.91 Å². The number of halogens is 1. The second kappa shape index (κ2) is 7.78. The van der Waals surface area contributed by atoms with Crippen molar-refractivity contribution in [1.29, 1.82) is 0 Å². The average molecular weight is 378 g/mol. The highest BCUT2D eigenvalue weighted by molar-refractivity contribution is 9.10. The zero-order valence-electron chi connectivity index (χ0n) is 12.3. The Bertz CT molecular complexity index is 713. The molecule has 0 fully saturated rings. The molecule has 2 aromatic carbocycles. The third-order valence-corrected chi connectivity index (χ3v) is 3.77. The van der Waals surface area contributed by atoms with Crippen molar-refractivity contribution >= 4 is 33.5 Å². The Balaban J connectivity index is 1.97. The number of hydrogen-bond acceptors (Lipinski definition) is 3. The molecule has 0 saturated heterocycles. The van der Waals surface area contributed by atoms with Crippen LogP contribution in [0, 0.1) is 0 Å². The minimum atomic E-state index is -0.803. The lowest BCUT2D eigenvalue weighted by Gasteiger charge is -2.08. The van der Waals surface area contributed by atoms with E-state index in [9.17, 15) is 14.7 Å². The van der Waals surface area contributed by atoms with Crippen LogP contribution in [0.2, 0.25) is 0 Å². The molecule has 23 heavy (non-hydrogen) atoms. The molecule has 0 atom stereocenters. The third-order valence-electron chi connectivity index (χ3n) is 3.27. The Morgan fingerprint density at radius 2 is 1.78 bits per heavy atom. The zero-order chi connectivity index (χ0) is 16.8. The largest absolute Gasteiger partial charge is 0.507 e. The van der Waals surface area contributed by atoms with Gasteiger partial charge in [0.15, 0.2) is 0 Å². The van der Waals surface area contributed by atoms with E-state index in [-0.39, 0.29) is 17.7 Å². The van der Waals surface area contributed by atoms with Crippen molar-refractivity contribution in [3.63, 3.8) is 0 Å². The van der Waals surface area contributed by atoms with Crippen LogP contribution in [0.1, 0.15) is 28.8 Å². The summed E-state index contributed by atoms with van der Waals surface area (Å²) in [7, 11) is 0. The van der Waals surface area contributed by atoms with Gasteiger partial charge in [0.1, 0.15) is 5.75 Å². The van der Waals surface area contributed by atoms with Crippen molar-refractivity contribution in [3.05, 3.63) is 58.1 Å². The van der Waals surface area contributed by atoms with E-state index in [1.165, 1.54) is 12.1 Å². The summed E-state index contributed by atoms with van der Waals surface area (Å²) in [4.78, 5) is 22.6. The number of aromatic hydroxyl groups is 1. The van der Waals surface area contributed by atoms with Gasteiger partial charge in [-0.05, 0) is 48.7 Å². The van der Waals surface area contributed by atoms with Gasteiger partial charge in [-0.2, -0.15) is 0 Å². The molecular weight excluding hydrogens is 362 g/mol. The van der Waals surface area contributed by atoms with Gasteiger partial charge in [-0.3, -0.25) is 9.59 Å². The lowest BCUT2D eigenvalue weighted by atomic mass is 10.1. The summed E-state index contributed by atoms with van der Waals surface area (Å²) >= 11 is 3.22. The van der Waals surface area contributed by atoms with E-state index < -0.39 is 11.9 Å². The number of carboxylic acid groups (broad SMARTS) is 1. The number of carbonyl (C=O) groups excluding carboxylic acids is 1. The molecule has 5 nitrogen and oxygen atoms in total. The lowest BCUT2D eigenvalue weighted by molar-refractivity contribution is -0.137. The number of rotatable bonds is 6. The fourth-order valence-corrected chi connectivity index (χ4v) is 2.44. The number of phenolic OH excluding ortho intramolecular Hbond substituents is 1. The topological polar surface area (TPSA) is 86.6 Å². The number of hydrogen-bond donors (Lipinski definition) is 3. The van der Waals surface area contributed by atoms with Crippen LogP contribution in [0.3, 0.4) is 0 Å². The molecule has 6 heteroatoms. The molecule has 2 rings (SSSR count). The van der Waals surface area contributed by atoms with Crippen molar-refractivity contribution in [2.24, 2.45) is 0 Å². The number of carboxylic acids is 1. The molecule has 2 aromatic rings. The Morgan fingerprint density at radius 3 is 2.39 bits per heavy atom. The van der Waals surface area contributed by atoms with Crippen LogP contribution in [0.4, 0.5) is 5.69 Å². The van der Waals surface area contributed by atoms with Crippen molar-refractivity contribution in [2.75, 3.05) is 5.32 Å². The summed E-state index contributed by atoms with van der Waals surface area (Å²) in [5, 5.41) is 21.1. The highest BCUT2D eigenvalue weighted by Crippen LogP contribution is 2.23. The smallest absolute Gasteiger partial charge is 0.303 e. The highest BCUT2D eigenvalue weighted by Gasteiger charge is 2.11. The lowest BCUT2D eigenvalue weighted by Crippen LogP contribution is -2.12.